The van der Waals surface area contributed by atoms with Crippen molar-refractivity contribution in [1.29, 1.82) is 0 Å². The average Bonchev–Trinajstić information content (AvgIpc) is 3.05. The molecule has 0 saturated carbocycles. The van der Waals surface area contributed by atoms with Crippen molar-refractivity contribution in [3.63, 3.8) is 0 Å². The predicted octanol–water partition coefficient (Wildman–Crippen LogP) is 3.31. The van der Waals surface area contributed by atoms with E-state index in [4.69, 9.17) is 0 Å². The number of piperidine rings is 1. The molecule has 0 unspecified atom stereocenters. The number of benzene rings is 1. The molecule has 4 heterocycles. The quantitative estimate of drug-likeness (QED) is 0.687. The highest BCUT2D eigenvalue weighted by molar-refractivity contribution is 5.84. The lowest BCUT2D eigenvalue weighted by Gasteiger charge is -2.42. The van der Waals surface area contributed by atoms with Crippen LogP contribution in [-0.2, 0) is 24.8 Å². The summed E-state index contributed by atoms with van der Waals surface area (Å²) < 4.78 is 4.08. The summed E-state index contributed by atoms with van der Waals surface area (Å²) in [5, 5.41) is 1.29. The molecule has 5 rings (SSSR count). The van der Waals surface area contributed by atoms with Gasteiger partial charge in [0.2, 0.25) is 5.91 Å². The van der Waals surface area contributed by atoms with Crippen LogP contribution in [0, 0.1) is 5.92 Å². The van der Waals surface area contributed by atoms with E-state index in [0.29, 0.717) is 18.3 Å². The van der Waals surface area contributed by atoms with E-state index in [-0.39, 0.29) is 11.5 Å². The Balaban J connectivity index is 1.24. The fourth-order valence-corrected chi connectivity index (χ4v) is 5.31. The molecule has 29 heavy (non-hydrogen) atoms. The van der Waals surface area contributed by atoms with E-state index in [1.54, 1.807) is 6.07 Å². The number of pyridine rings is 1. The van der Waals surface area contributed by atoms with Crippen LogP contribution in [0.2, 0.25) is 0 Å². The van der Waals surface area contributed by atoms with Crippen molar-refractivity contribution in [3.8, 4) is 0 Å². The van der Waals surface area contributed by atoms with E-state index >= 15 is 0 Å². The number of aromatic nitrogens is 2. The van der Waals surface area contributed by atoms with Gasteiger partial charge >= 0.3 is 0 Å². The minimum absolute atomic E-state index is 0.0899. The summed E-state index contributed by atoms with van der Waals surface area (Å²) in [5.41, 5.74) is 3.75. The van der Waals surface area contributed by atoms with Crippen molar-refractivity contribution >= 4 is 16.8 Å². The Morgan fingerprint density at radius 3 is 2.83 bits per heavy atom. The van der Waals surface area contributed by atoms with Crippen LogP contribution in [0.4, 0.5) is 0 Å². The monoisotopic (exact) mass is 389 g/mol. The van der Waals surface area contributed by atoms with E-state index in [1.807, 2.05) is 15.5 Å². The smallest absolute Gasteiger partial charge is 0.250 e. The summed E-state index contributed by atoms with van der Waals surface area (Å²) in [6.07, 6.45) is 5.66. The second-order valence-corrected chi connectivity index (χ2v) is 8.63. The molecule has 1 fully saturated rings. The molecule has 2 aromatic heterocycles. The molecule has 2 atom stereocenters. The lowest BCUT2D eigenvalue weighted by Crippen LogP contribution is -2.49. The molecule has 1 amide bonds. The van der Waals surface area contributed by atoms with E-state index in [2.05, 4.69) is 48.1 Å². The lowest BCUT2D eigenvalue weighted by atomic mass is 9.83. The number of rotatable bonds is 4. The first kappa shape index (κ1) is 18.2. The molecule has 0 aliphatic carbocycles. The third kappa shape index (κ3) is 3.28. The maximum Gasteiger partial charge on any atom is 0.250 e. The van der Waals surface area contributed by atoms with Crippen molar-refractivity contribution < 1.29 is 4.79 Å². The van der Waals surface area contributed by atoms with Gasteiger partial charge in [0, 0.05) is 67.9 Å². The second kappa shape index (κ2) is 7.21. The summed E-state index contributed by atoms with van der Waals surface area (Å²) in [6, 6.07) is 14.0. The maximum atomic E-state index is 12.9. The molecule has 0 radical (unpaired) electrons. The second-order valence-electron chi connectivity index (χ2n) is 8.63. The number of carbonyl (C=O) groups excluding carboxylic acids is 1. The third-order valence-electron chi connectivity index (χ3n) is 6.65. The first-order valence-electron chi connectivity index (χ1n) is 10.6. The Kier molecular flexibility index (Phi) is 4.53. The molecule has 3 aromatic rings. The van der Waals surface area contributed by atoms with Crippen LogP contribution in [0.3, 0.4) is 0 Å². The van der Waals surface area contributed by atoms with E-state index < -0.39 is 0 Å². The molecule has 1 aromatic carbocycles. The highest BCUT2D eigenvalue weighted by atomic mass is 16.2. The van der Waals surface area contributed by atoms with Gasteiger partial charge in [-0.15, -0.1) is 0 Å². The minimum atomic E-state index is 0.0899. The van der Waals surface area contributed by atoms with Gasteiger partial charge < -0.3 is 14.0 Å². The number of amides is 1. The Bertz CT molecular complexity index is 1130. The molecule has 0 spiro atoms. The van der Waals surface area contributed by atoms with Gasteiger partial charge in [-0.3, -0.25) is 9.59 Å². The Morgan fingerprint density at radius 1 is 1.07 bits per heavy atom. The molecule has 2 aliphatic heterocycles. The Labute approximate surface area is 170 Å². The predicted molar refractivity (Wildman–Crippen MR) is 114 cm³/mol. The van der Waals surface area contributed by atoms with Crippen molar-refractivity contribution in [3.05, 3.63) is 70.3 Å². The molecule has 1 saturated heterocycles. The molecule has 5 nitrogen and oxygen atoms in total. The molecular formula is C24H27N3O2. The molecule has 5 heteroatoms. The molecule has 2 bridgehead atoms. The van der Waals surface area contributed by atoms with Crippen LogP contribution in [0.15, 0.2) is 53.5 Å². The molecule has 2 aliphatic rings. The fraction of sp³-hybridized carbons (Fsp3) is 0.417. The third-order valence-corrected chi connectivity index (χ3v) is 6.65. The maximum absolute atomic E-state index is 12.9. The topological polar surface area (TPSA) is 47.2 Å². The number of carbonyl (C=O) groups is 1. The van der Waals surface area contributed by atoms with Gasteiger partial charge in [-0.2, -0.15) is 0 Å². The van der Waals surface area contributed by atoms with Gasteiger partial charge in [-0.25, -0.2) is 0 Å². The first-order valence-corrected chi connectivity index (χ1v) is 10.6. The number of hydrogen-bond donors (Lipinski definition) is 0. The zero-order chi connectivity index (χ0) is 20.0. The van der Waals surface area contributed by atoms with Gasteiger partial charge in [0.1, 0.15) is 0 Å². The van der Waals surface area contributed by atoms with Crippen molar-refractivity contribution in [2.24, 2.45) is 13.0 Å². The number of aryl methyl sites for hydroxylation is 2. The van der Waals surface area contributed by atoms with Crippen molar-refractivity contribution in [2.45, 2.75) is 38.1 Å². The van der Waals surface area contributed by atoms with Crippen LogP contribution in [0.25, 0.3) is 10.9 Å². The van der Waals surface area contributed by atoms with E-state index in [9.17, 15) is 9.59 Å². The Morgan fingerprint density at radius 2 is 1.93 bits per heavy atom. The van der Waals surface area contributed by atoms with Crippen molar-refractivity contribution in [2.75, 3.05) is 13.1 Å². The van der Waals surface area contributed by atoms with Crippen LogP contribution in [0.5, 0.6) is 0 Å². The first-order chi connectivity index (χ1) is 14.1. The van der Waals surface area contributed by atoms with Gasteiger partial charge in [0.05, 0.1) is 0 Å². The van der Waals surface area contributed by atoms with Crippen molar-refractivity contribution in [1.82, 2.24) is 14.0 Å². The summed E-state index contributed by atoms with van der Waals surface area (Å²) in [6.45, 7) is 2.27. The summed E-state index contributed by atoms with van der Waals surface area (Å²) in [4.78, 5) is 27.1. The highest BCUT2D eigenvalue weighted by Crippen LogP contribution is 2.35. The zero-order valence-corrected chi connectivity index (χ0v) is 16.9. The molecule has 0 N–H and O–H groups in total. The summed E-state index contributed by atoms with van der Waals surface area (Å²) >= 11 is 0. The van der Waals surface area contributed by atoms with Gasteiger partial charge in [0.15, 0.2) is 0 Å². The highest BCUT2D eigenvalue weighted by Gasteiger charge is 2.35. The van der Waals surface area contributed by atoms with Gasteiger partial charge in [-0.1, -0.05) is 24.3 Å². The van der Waals surface area contributed by atoms with Crippen LogP contribution < -0.4 is 5.56 Å². The molecular weight excluding hydrogens is 362 g/mol. The summed E-state index contributed by atoms with van der Waals surface area (Å²) in [7, 11) is 2.08. The number of hydrogen-bond acceptors (Lipinski definition) is 2. The van der Waals surface area contributed by atoms with Gasteiger partial charge in [0.25, 0.3) is 5.56 Å². The zero-order valence-electron chi connectivity index (χ0n) is 16.9. The van der Waals surface area contributed by atoms with Crippen LogP contribution in [0.1, 0.15) is 36.4 Å². The number of para-hydroxylation sites is 1. The average molecular weight is 389 g/mol. The van der Waals surface area contributed by atoms with E-state index in [0.717, 1.165) is 44.6 Å². The number of likely N-dealkylation sites (tertiary alicyclic amines) is 1. The Hall–Kier alpha value is -2.82. The normalized spacial score (nSPS) is 20.7. The molecule has 150 valence electrons. The van der Waals surface area contributed by atoms with Crippen LogP contribution in [-0.4, -0.2) is 33.0 Å². The largest absolute Gasteiger partial charge is 0.350 e. The lowest BCUT2D eigenvalue weighted by molar-refractivity contribution is -0.134. The van der Waals surface area contributed by atoms with E-state index in [1.165, 1.54) is 16.5 Å². The minimum Gasteiger partial charge on any atom is -0.350 e. The number of nitrogens with zero attached hydrogens (tertiary/aromatic N) is 3. The SMILES string of the molecule is Cn1cc(CCCC(=O)N2C[C@@H]3C[C@H](C2)c2cccc(=O)n2C3)c2ccccc21. The standard InChI is InChI=1S/C24H27N3O2/c1-25-15-18(20-7-2-3-8-22(20)25)6-4-10-23(28)26-13-17-12-19(16-26)21-9-5-11-24(29)27(21)14-17/h2-3,5,7-9,11,15,17,19H,4,6,10,12-14,16H2,1H3/t17-,19+/m0/s1. The van der Waals surface area contributed by atoms with Gasteiger partial charge in [-0.05, 0) is 42.9 Å². The number of fused-ring (bicyclic) bond motifs is 5. The summed E-state index contributed by atoms with van der Waals surface area (Å²) in [5.74, 6) is 0.938. The van der Waals surface area contributed by atoms with Crippen LogP contribution >= 0.6 is 0 Å². The fourth-order valence-electron chi connectivity index (χ4n) is 5.31.